The number of aryl methyl sites for hydroxylation is 1. The smallest absolute Gasteiger partial charge is 0.408 e. The van der Waals surface area contributed by atoms with E-state index in [9.17, 15) is 24.6 Å². The molecule has 0 saturated carbocycles. The van der Waals surface area contributed by atoms with Gasteiger partial charge in [-0.05, 0) is 71.4 Å². The van der Waals surface area contributed by atoms with E-state index >= 15 is 0 Å². The molecule has 0 spiro atoms. The van der Waals surface area contributed by atoms with Crippen molar-refractivity contribution in [2.45, 2.75) is 65.3 Å². The Morgan fingerprint density at radius 1 is 1.05 bits per heavy atom. The van der Waals surface area contributed by atoms with Gasteiger partial charge in [0.25, 0.3) is 5.91 Å². The van der Waals surface area contributed by atoms with E-state index in [-0.39, 0.29) is 11.3 Å². The number of carbonyl (C=O) groups is 3. The molecule has 202 valence electrons. The lowest BCUT2D eigenvalue weighted by Crippen LogP contribution is -2.55. The van der Waals surface area contributed by atoms with Gasteiger partial charge in [0.1, 0.15) is 29.2 Å². The van der Waals surface area contributed by atoms with Crippen LogP contribution < -0.4 is 15.4 Å². The number of rotatable bonds is 9. The van der Waals surface area contributed by atoms with Crippen LogP contribution in [0.3, 0.4) is 0 Å². The highest BCUT2D eigenvalue weighted by Crippen LogP contribution is 2.34. The third-order valence-corrected chi connectivity index (χ3v) is 5.43. The summed E-state index contributed by atoms with van der Waals surface area (Å²) in [5, 5.41) is 26.0. The number of alkyl carbamates (subject to hydrolysis) is 1. The van der Waals surface area contributed by atoms with Crippen LogP contribution in [0.5, 0.6) is 11.5 Å². The monoisotopic (exact) mass is 515 g/mol. The largest absolute Gasteiger partial charge is 0.507 e. The summed E-state index contributed by atoms with van der Waals surface area (Å²) in [6.07, 6.45) is -0.888. The van der Waals surface area contributed by atoms with Crippen LogP contribution in [-0.4, -0.2) is 64.4 Å². The third kappa shape index (κ3) is 7.85. The van der Waals surface area contributed by atoms with Crippen LogP contribution in [-0.2, 0) is 14.3 Å². The number of amides is 3. The molecule has 0 fully saturated rings. The zero-order chi connectivity index (χ0) is 27.9. The van der Waals surface area contributed by atoms with Gasteiger partial charge in [-0.2, -0.15) is 0 Å². The number of nitrogens with zero attached hydrogens (tertiary/aromatic N) is 1. The molecular formula is C27H37N3O7. The Balaban J connectivity index is 2.50. The normalized spacial score (nSPS) is 12.9. The fourth-order valence-electron chi connectivity index (χ4n) is 3.70. The third-order valence-electron chi connectivity index (χ3n) is 5.43. The highest BCUT2D eigenvalue weighted by Gasteiger charge is 2.39. The molecule has 0 radical (unpaired) electrons. The fourth-order valence-corrected chi connectivity index (χ4v) is 3.70. The summed E-state index contributed by atoms with van der Waals surface area (Å²) in [5.41, 5.74) is 0.340. The Morgan fingerprint density at radius 2 is 1.68 bits per heavy atom. The highest BCUT2D eigenvalue weighted by atomic mass is 16.6. The molecule has 2 unspecified atom stereocenters. The molecule has 2 aromatic rings. The lowest BCUT2D eigenvalue weighted by Gasteiger charge is -2.37. The maximum Gasteiger partial charge on any atom is 0.408 e. The second-order valence-electron chi connectivity index (χ2n) is 9.85. The maximum atomic E-state index is 13.7. The number of nitrogens with one attached hydrogen (secondary N) is 2. The molecule has 0 saturated heterocycles. The SMILES string of the molecule is COc1ccc(NC(=O)C(c2cccc(C)c2O)N(C(=O)C(CO)NC(=O)OC(C)(C)C)C(C)C)cc1. The van der Waals surface area contributed by atoms with E-state index in [4.69, 9.17) is 9.47 Å². The molecule has 10 heteroatoms. The second kappa shape index (κ2) is 12.4. The van der Waals surface area contributed by atoms with Crippen molar-refractivity contribution in [1.29, 1.82) is 0 Å². The molecule has 0 aromatic heterocycles. The fraction of sp³-hybridized carbons (Fsp3) is 0.444. The van der Waals surface area contributed by atoms with Crippen LogP contribution in [0.4, 0.5) is 10.5 Å². The second-order valence-corrected chi connectivity index (χ2v) is 9.85. The summed E-state index contributed by atoms with van der Waals surface area (Å²) >= 11 is 0. The average molecular weight is 516 g/mol. The van der Waals surface area contributed by atoms with Crippen LogP contribution in [0.25, 0.3) is 0 Å². The molecule has 37 heavy (non-hydrogen) atoms. The van der Waals surface area contributed by atoms with Crippen molar-refractivity contribution in [2.75, 3.05) is 19.0 Å². The van der Waals surface area contributed by atoms with Gasteiger partial charge >= 0.3 is 6.09 Å². The number of hydrogen-bond donors (Lipinski definition) is 4. The Bertz CT molecular complexity index is 1090. The van der Waals surface area contributed by atoms with E-state index in [2.05, 4.69) is 10.6 Å². The molecule has 3 amide bonds. The van der Waals surface area contributed by atoms with Crippen molar-refractivity contribution < 1.29 is 34.1 Å². The lowest BCUT2D eigenvalue weighted by molar-refractivity contribution is -0.143. The van der Waals surface area contributed by atoms with E-state index in [0.29, 0.717) is 17.0 Å². The molecule has 0 aliphatic carbocycles. The highest BCUT2D eigenvalue weighted by molar-refractivity contribution is 5.99. The minimum absolute atomic E-state index is 0.142. The number of phenols is 1. The van der Waals surface area contributed by atoms with Crippen LogP contribution in [0.1, 0.15) is 51.8 Å². The molecule has 0 bridgehead atoms. The minimum Gasteiger partial charge on any atom is -0.507 e. The van der Waals surface area contributed by atoms with Crippen LogP contribution in [0.15, 0.2) is 42.5 Å². The molecule has 10 nitrogen and oxygen atoms in total. The van der Waals surface area contributed by atoms with Gasteiger partial charge in [0.15, 0.2) is 0 Å². The summed E-state index contributed by atoms with van der Waals surface area (Å²) in [7, 11) is 1.53. The molecule has 4 N–H and O–H groups in total. The van der Waals surface area contributed by atoms with Crippen molar-refractivity contribution in [2.24, 2.45) is 0 Å². The number of hydrogen-bond acceptors (Lipinski definition) is 7. The number of anilines is 1. The number of methoxy groups -OCH3 is 1. The van der Waals surface area contributed by atoms with Gasteiger partial charge in [0.05, 0.1) is 13.7 Å². The average Bonchev–Trinajstić information content (AvgIpc) is 2.81. The van der Waals surface area contributed by atoms with Crippen molar-refractivity contribution in [1.82, 2.24) is 10.2 Å². The lowest BCUT2D eigenvalue weighted by atomic mass is 9.98. The number of aromatic hydroxyl groups is 1. The molecule has 0 heterocycles. The van der Waals surface area contributed by atoms with E-state index in [1.54, 1.807) is 84.0 Å². The zero-order valence-corrected chi connectivity index (χ0v) is 22.4. The molecular weight excluding hydrogens is 478 g/mol. The van der Waals surface area contributed by atoms with Gasteiger partial charge < -0.3 is 35.2 Å². The number of aliphatic hydroxyl groups is 1. The van der Waals surface area contributed by atoms with Crippen molar-refractivity contribution >= 4 is 23.6 Å². The number of benzene rings is 2. The zero-order valence-electron chi connectivity index (χ0n) is 22.4. The van der Waals surface area contributed by atoms with E-state index in [0.717, 1.165) is 0 Å². The van der Waals surface area contributed by atoms with Crippen molar-refractivity contribution in [3.63, 3.8) is 0 Å². The van der Waals surface area contributed by atoms with Gasteiger partial charge in [0, 0.05) is 17.3 Å². The summed E-state index contributed by atoms with van der Waals surface area (Å²) in [6, 6.07) is 8.30. The number of carbonyl (C=O) groups excluding carboxylic acids is 3. The van der Waals surface area contributed by atoms with Crippen LogP contribution in [0.2, 0.25) is 0 Å². The standard InChI is InChI=1S/C27H37N3O7/c1-16(2)30(25(34)21(15-31)29-26(35)37-27(4,5)6)22(20-10-8-9-17(3)23(20)32)24(33)28-18-11-13-19(36-7)14-12-18/h8-14,16,21-22,31-32H,15H2,1-7H3,(H,28,33)(H,29,35). The predicted octanol–water partition coefficient (Wildman–Crippen LogP) is 3.51. The van der Waals surface area contributed by atoms with E-state index in [1.165, 1.54) is 12.0 Å². The minimum atomic E-state index is -1.39. The van der Waals surface area contributed by atoms with Crippen LogP contribution in [0, 0.1) is 6.92 Å². The molecule has 2 aromatic carbocycles. The van der Waals surface area contributed by atoms with Gasteiger partial charge in [-0.15, -0.1) is 0 Å². The van der Waals surface area contributed by atoms with E-state index < -0.39 is 48.2 Å². The number of aliphatic hydroxyl groups excluding tert-OH is 1. The van der Waals surface area contributed by atoms with Gasteiger partial charge in [-0.25, -0.2) is 4.79 Å². The van der Waals surface area contributed by atoms with Crippen LogP contribution >= 0.6 is 0 Å². The Kier molecular flexibility index (Phi) is 9.90. The van der Waals surface area contributed by atoms with Crippen molar-refractivity contribution in [3.8, 4) is 11.5 Å². The predicted molar refractivity (Wildman–Crippen MR) is 139 cm³/mol. The molecule has 2 atom stereocenters. The van der Waals surface area contributed by atoms with Crippen molar-refractivity contribution in [3.05, 3.63) is 53.6 Å². The first kappa shape index (κ1) is 29.4. The van der Waals surface area contributed by atoms with Gasteiger partial charge in [-0.3, -0.25) is 9.59 Å². The summed E-state index contributed by atoms with van der Waals surface area (Å²) < 4.78 is 10.4. The molecule has 0 aliphatic rings. The molecule has 2 rings (SSSR count). The summed E-state index contributed by atoms with van der Waals surface area (Å²) in [6.45, 7) is 9.35. The number of ether oxygens (including phenoxy) is 2. The summed E-state index contributed by atoms with van der Waals surface area (Å²) in [4.78, 5) is 40.9. The Hall–Kier alpha value is -3.79. The topological polar surface area (TPSA) is 137 Å². The molecule has 0 aliphatic heterocycles. The van der Waals surface area contributed by atoms with E-state index in [1.807, 2.05) is 0 Å². The van der Waals surface area contributed by atoms with Gasteiger partial charge in [-0.1, -0.05) is 18.2 Å². The first-order chi connectivity index (χ1) is 17.3. The first-order valence-electron chi connectivity index (χ1n) is 11.9. The first-order valence-corrected chi connectivity index (χ1v) is 11.9. The van der Waals surface area contributed by atoms with Gasteiger partial charge in [0.2, 0.25) is 5.91 Å². The quantitative estimate of drug-likeness (QED) is 0.401. The Morgan fingerprint density at radius 3 is 2.19 bits per heavy atom. The maximum absolute atomic E-state index is 13.7. The number of para-hydroxylation sites is 1. The summed E-state index contributed by atoms with van der Waals surface area (Å²) in [5.74, 6) is -0.860. The Labute approximate surface area is 217 Å². The number of phenolic OH excluding ortho intramolecular Hbond substituents is 1.